The van der Waals surface area contributed by atoms with Crippen molar-refractivity contribution in [1.29, 1.82) is 0 Å². The molecule has 4 nitrogen and oxygen atoms in total. The van der Waals surface area contributed by atoms with Crippen molar-refractivity contribution < 1.29 is 19.4 Å². The average molecular weight is 216 g/mol. The van der Waals surface area contributed by atoms with Crippen molar-refractivity contribution in [2.45, 2.75) is 44.8 Å². The third kappa shape index (κ3) is 4.18. The van der Waals surface area contributed by atoms with Crippen LogP contribution in [0, 0.1) is 5.92 Å². The number of hydrogen-bond donors (Lipinski definition) is 1. The number of carbonyl (C=O) groups excluding carboxylic acids is 1. The number of hydrogen-bond acceptors (Lipinski definition) is 4. The summed E-state index contributed by atoms with van der Waals surface area (Å²) in [4.78, 5) is 10.6. The highest BCUT2D eigenvalue weighted by atomic mass is 16.5. The highest BCUT2D eigenvalue weighted by Crippen LogP contribution is 2.28. The minimum absolute atomic E-state index is 0.0546. The number of ether oxygens (including phenoxy) is 2. The van der Waals surface area contributed by atoms with E-state index in [0.29, 0.717) is 12.5 Å². The Bertz CT molecular complexity index is 205. The molecule has 3 atom stereocenters. The predicted octanol–water partition coefficient (Wildman–Crippen LogP) is 1.12. The summed E-state index contributed by atoms with van der Waals surface area (Å²) < 4.78 is 10.1. The van der Waals surface area contributed by atoms with Crippen LogP contribution in [-0.4, -0.2) is 37.0 Å². The number of carbonyl (C=O) groups is 1. The molecule has 1 aliphatic carbocycles. The minimum atomic E-state index is -0.333. The molecule has 1 saturated carbocycles. The fraction of sp³-hybridized carbons (Fsp3) is 0.909. The van der Waals surface area contributed by atoms with E-state index >= 15 is 0 Å². The maximum atomic E-state index is 10.6. The maximum absolute atomic E-state index is 10.6. The Kier molecular flexibility index (Phi) is 5.05. The van der Waals surface area contributed by atoms with Crippen molar-refractivity contribution in [2.75, 3.05) is 13.7 Å². The monoisotopic (exact) mass is 216 g/mol. The Morgan fingerprint density at radius 3 is 2.80 bits per heavy atom. The smallest absolute Gasteiger partial charge is 0.302 e. The zero-order valence-electron chi connectivity index (χ0n) is 9.44. The fourth-order valence-electron chi connectivity index (χ4n) is 2.08. The number of esters is 1. The Balaban J connectivity index is 2.23. The van der Waals surface area contributed by atoms with Crippen molar-refractivity contribution in [3.63, 3.8) is 0 Å². The first kappa shape index (κ1) is 12.5. The van der Waals surface area contributed by atoms with Crippen LogP contribution in [0.4, 0.5) is 0 Å². The van der Waals surface area contributed by atoms with Crippen LogP contribution < -0.4 is 0 Å². The van der Waals surface area contributed by atoms with Crippen LogP contribution in [0.1, 0.15) is 32.6 Å². The van der Waals surface area contributed by atoms with E-state index in [-0.39, 0.29) is 18.2 Å². The highest BCUT2D eigenvalue weighted by Gasteiger charge is 2.28. The molecule has 0 aromatic rings. The van der Waals surface area contributed by atoms with Gasteiger partial charge >= 0.3 is 5.97 Å². The van der Waals surface area contributed by atoms with Gasteiger partial charge in [-0.15, -0.1) is 0 Å². The summed E-state index contributed by atoms with van der Waals surface area (Å²) in [5.41, 5.74) is 0. The molecular weight excluding hydrogens is 196 g/mol. The van der Waals surface area contributed by atoms with Gasteiger partial charge in [0.05, 0.1) is 18.8 Å². The van der Waals surface area contributed by atoms with E-state index in [1.807, 2.05) is 0 Å². The van der Waals surface area contributed by atoms with E-state index in [2.05, 4.69) is 0 Å². The summed E-state index contributed by atoms with van der Waals surface area (Å²) in [6.45, 7) is 1.90. The van der Waals surface area contributed by atoms with Gasteiger partial charge in [0.25, 0.3) is 0 Å². The molecule has 0 aliphatic heterocycles. The molecule has 0 heterocycles. The molecule has 0 saturated heterocycles. The van der Waals surface area contributed by atoms with E-state index in [1.54, 1.807) is 7.11 Å². The van der Waals surface area contributed by atoms with Gasteiger partial charge in [-0.25, -0.2) is 0 Å². The van der Waals surface area contributed by atoms with E-state index in [1.165, 1.54) is 6.92 Å². The van der Waals surface area contributed by atoms with Crippen molar-refractivity contribution in [2.24, 2.45) is 5.92 Å². The van der Waals surface area contributed by atoms with Gasteiger partial charge in [0.2, 0.25) is 0 Å². The molecule has 0 aromatic heterocycles. The van der Waals surface area contributed by atoms with Gasteiger partial charge in [-0.1, -0.05) is 0 Å². The number of methoxy groups -OCH3 is 1. The van der Waals surface area contributed by atoms with E-state index in [0.717, 1.165) is 25.7 Å². The number of rotatable bonds is 4. The molecule has 3 unspecified atom stereocenters. The molecule has 88 valence electrons. The van der Waals surface area contributed by atoms with Crippen molar-refractivity contribution in [3.05, 3.63) is 0 Å². The van der Waals surface area contributed by atoms with Gasteiger partial charge in [-0.3, -0.25) is 4.79 Å². The minimum Gasteiger partial charge on any atom is -0.466 e. The summed E-state index contributed by atoms with van der Waals surface area (Å²) in [6.07, 6.45) is 3.11. The molecule has 15 heavy (non-hydrogen) atoms. The third-order valence-corrected chi connectivity index (χ3v) is 3.00. The molecule has 1 aliphatic rings. The normalized spacial score (nSPS) is 31.3. The Hall–Kier alpha value is -0.610. The van der Waals surface area contributed by atoms with Crippen molar-refractivity contribution in [3.8, 4) is 0 Å². The lowest BCUT2D eigenvalue weighted by Gasteiger charge is -2.32. The first-order valence-corrected chi connectivity index (χ1v) is 5.47. The summed E-state index contributed by atoms with van der Waals surface area (Å²) in [7, 11) is 1.63. The van der Waals surface area contributed by atoms with Crippen LogP contribution in [0.25, 0.3) is 0 Å². The first-order valence-electron chi connectivity index (χ1n) is 5.47. The SMILES string of the molecule is COC1CC(CCOC(C)=O)CCC1O. The zero-order chi connectivity index (χ0) is 11.3. The second-order valence-corrected chi connectivity index (χ2v) is 4.15. The van der Waals surface area contributed by atoms with Crippen LogP contribution in [0.3, 0.4) is 0 Å². The molecule has 0 aromatic carbocycles. The Morgan fingerprint density at radius 1 is 1.47 bits per heavy atom. The molecule has 0 bridgehead atoms. The lowest BCUT2D eigenvalue weighted by atomic mass is 9.83. The maximum Gasteiger partial charge on any atom is 0.302 e. The number of aliphatic hydroxyl groups is 1. The molecule has 1 fully saturated rings. The van der Waals surface area contributed by atoms with Crippen LogP contribution in [0.2, 0.25) is 0 Å². The van der Waals surface area contributed by atoms with Gasteiger partial charge in [0, 0.05) is 14.0 Å². The molecule has 0 radical (unpaired) electrons. The predicted molar refractivity (Wildman–Crippen MR) is 55.4 cm³/mol. The van der Waals surface area contributed by atoms with Crippen LogP contribution >= 0.6 is 0 Å². The number of aliphatic hydroxyl groups excluding tert-OH is 1. The molecule has 0 spiro atoms. The molecule has 0 amide bonds. The average Bonchev–Trinajstić information content (AvgIpc) is 2.20. The fourth-order valence-corrected chi connectivity index (χ4v) is 2.08. The quantitative estimate of drug-likeness (QED) is 0.715. The van der Waals surface area contributed by atoms with Crippen molar-refractivity contribution in [1.82, 2.24) is 0 Å². The van der Waals surface area contributed by atoms with E-state index in [9.17, 15) is 9.90 Å². The summed E-state index contributed by atoms with van der Waals surface area (Å²) in [5, 5.41) is 9.59. The van der Waals surface area contributed by atoms with Gasteiger partial charge in [0.1, 0.15) is 0 Å². The van der Waals surface area contributed by atoms with Gasteiger partial charge in [-0.2, -0.15) is 0 Å². The van der Waals surface area contributed by atoms with E-state index in [4.69, 9.17) is 9.47 Å². The topological polar surface area (TPSA) is 55.8 Å². The second-order valence-electron chi connectivity index (χ2n) is 4.15. The molecule has 4 heteroatoms. The third-order valence-electron chi connectivity index (χ3n) is 3.00. The highest BCUT2D eigenvalue weighted by molar-refractivity contribution is 5.65. The summed E-state index contributed by atoms with van der Waals surface area (Å²) in [5.74, 6) is 0.270. The summed E-state index contributed by atoms with van der Waals surface area (Å²) >= 11 is 0. The first-order chi connectivity index (χ1) is 7.13. The van der Waals surface area contributed by atoms with Crippen LogP contribution in [-0.2, 0) is 14.3 Å². The Labute approximate surface area is 90.6 Å². The molecular formula is C11H20O4. The standard InChI is InChI=1S/C11H20O4/c1-8(12)15-6-5-9-3-4-10(13)11(7-9)14-2/h9-11,13H,3-7H2,1-2H3. The van der Waals surface area contributed by atoms with Crippen molar-refractivity contribution >= 4 is 5.97 Å². The largest absolute Gasteiger partial charge is 0.466 e. The zero-order valence-corrected chi connectivity index (χ0v) is 9.44. The molecule has 1 rings (SSSR count). The lowest BCUT2D eigenvalue weighted by molar-refractivity contribution is -0.141. The molecule has 1 N–H and O–H groups in total. The van der Waals surface area contributed by atoms with E-state index < -0.39 is 0 Å². The second kappa shape index (κ2) is 6.08. The van der Waals surface area contributed by atoms with Gasteiger partial charge in [0.15, 0.2) is 0 Å². The van der Waals surface area contributed by atoms with Crippen LogP contribution in [0.5, 0.6) is 0 Å². The van der Waals surface area contributed by atoms with Crippen LogP contribution in [0.15, 0.2) is 0 Å². The lowest BCUT2D eigenvalue weighted by Crippen LogP contribution is -2.35. The van der Waals surface area contributed by atoms with Gasteiger partial charge < -0.3 is 14.6 Å². The Morgan fingerprint density at radius 2 is 2.20 bits per heavy atom. The summed E-state index contributed by atoms with van der Waals surface area (Å²) in [6, 6.07) is 0. The van der Waals surface area contributed by atoms with Gasteiger partial charge in [-0.05, 0) is 31.6 Å².